The first-order valence-corrected chi connectivity index (χ1v) is 9.16. The van der Waals surface area contributed by atoms with E-state index in [1.165, 1.54) is 9.47 Å². The van der Waals surface area contributed by atoms with Crippen LogP contribution in [-0.4, -0.2) is 43.3 Å². The molecule has 1 amide bonds. The molecule has 8 nitrogen and oxygen atoms in total. The number of benzene rings is 1. The van der Waals surface area contributed by atoms with Gasteiger partial charge in [-0.3, -0.25) is 14.5 Å². The molecule has 1 aromatic carbocycles. The molecule has 144 valence electrons. The molecule has 3 rings (SSSR count). The molecule has 28 heavy (non-hydrogen) atoms. The second-order valence-electron chi connectivity index (χ2n) is 6.44. The summed E-state index contributed by atoms with van der Waals surface area (Å²) in [6, 6.07) is 11.1. The molecule has 1 aliphatic heterocycles. The number of hydrogen-bond acceptors (Lipinski definition) is 6. The van der Waals surface area contributed by atoms with Gasteiger partial charge in [-0.05, 0) is 13.0 Å². The Morgan fingerprint density at radius 1 is 1.36 bits per heavy atom. The van der Waals surface area contributed by atoms with Crippen LogP contribution in [0, 0.1) is 28.6 Å². The molecule has 1 aromatic heterocycles. The Kier molecular flexibility index (Phi) is 6.05. The second-order valence-corrected chi connectivity index (χ2v) is 6.44. The number of anilines is 1. The molecule has 2 heterocycles. The van der Waals surface area contributed by atoms with Crippen molar-refractivity contribution in [3.63, 3.8) is 0 Å². The standard InChI is InChI=1S/C20H21N5O3/c1-2-28-10-9-24-17-6-4-3-5-15(17)18(16(11-22)20(24)27)25(8-7-21)19(26)14-12-23-13-14/h3-6,14,23H,2,8-10,12-13H2,1H3. The Morgan fingerprint density at radius 3 is 2.71 bits per heavy atom. The van der Waals surface area contributed by atoms with Gasteiger partial charge in [0.05, 0.1) is 29.8 Å². The smallest absolute Gasteiger partial charge is 0.271 e. The van der Waals surface area contributed by atoms with E-state index in [0.29, 0.717) is 43.8 Å². The highest BCUT2D eigenvalue weighted by Gasteiger charge is 2.33. The third-order valence-corrected chi connectivity index (χ3v) is 4.82. The quantitative estimate of drug-likeness (QED) is 0.567. The number of pyridine rings is 1. The molecule has 0 saturated carbocycles. The van der Waals surface area contributed by atoms with E-state index in [1.807, 2.05) is 19.1 Å². The first-order chi connectivity index (χ1) is 13.6. The lowest BCUT2D eigenvalue weighted by Gasteiger charge is -2.32. The van der Waals surface area contributed by atoms with Crippen LogP contribution in [0.5, 0.6) is 0 Å². The maximum atomic E-state index is 13.1. The zero-order valence-corrected chi connectivity index (χ0v) is 15.6. The van der Waals surface area contributed by atoms with Gasteiger partial charge in [0.15, 0.2) is 0 Å². The van der Waals surface area contributed by atoms with Crippen molar-refractivity contribution in [2.24, 2.45) is 5.92 Å². The van der Waals surface area contributed by atoms with Gasteiger partial charge in [0, 0.05) is 31.6 Å². The van der Waals surface area contributed by atoms with Gasteiger partial charge in [-0.1, -0.05) is 18.2 Å². The Morgan fingerprint density at radius 2 is 2.11 bits per heavy atom. The first kappa shape index (κ1) is 19.6. The maximum absolute atomic E-state index is 13.1. The summed E-state index contributed by atoms with van der Waals surface area (Å²) in [5.41, 5.74) is 0.197. The molecule has 0 spiro atoms. The molecule has 0 unspecified atom stereocenters. The van der Waals surface area contributed by atoms with Crippen LogP contribution in [-0.2, 0) is 16.1 Å². The van der Waals surface area contributed by atoms with Crippen molar-refractivity contribution in [1.82, 2.24) is 9.88 Å². The van der Waals surface area contributed by atoms with Gasteiger partial charge in [-0.15, -0.1) is 0 Å². The van der Waals surface area contributed by atoms with E-state index < -0.39 is 5.56 Å². The summed E-state index contributed by atoms with van der Waals surface area (Å²) >= 11 is 0. The number of carbonyl (C=O) groups is 1. The lowest BCUT2D eigenvalue weighted by molar-refractivity contribution is -0.123. The predicted octanol–water partition coefficient (Wildman–Crippen LogP) is 0.986. The van der Waals surface area contributed by atoms with Gasteiger partial charge in [0.1, 0.15) is 18.2 Å². The maximum Gasteiger partial charge on any atom is 0.271 e. The summed E-state index contributed by atoms with van der Waals surface area (Å²) in [5.74, 6) is -0.521. The van der Waals surface area contributed by atoms with Crippen molar-refractivity contribution in [2.45, 2.75) is 13.5 Å². The highest BCUT2D eigenvalue weighted by atomic mass is 16.5. The Bertz CT molecular complexity index is 1030. The molecule has 1 fully saturated rings. The number of nitrogens with one attached hydrogen (secondary N) is 1. The summed E-state index contributed by atoms with van der Waals surface area (Å²) in [5, 5.41) is 22.6. The van der Waals surface area contributed by atoms with Crippen molar-refractivity contribution in [3.8, 4) is 12.1 Å². The Labute approximate surface area is 162 Å². The van der Waals surface area contributed by atoms with Gasteiger partial charge in [0.2, 0.25) is 5.91 Å². The van der Waals surface area contributed by atoms with E-state index in [-0.39, 0.29) is 29.6 Å². The van der Waals surface area contributed by atoms with Crippen molar-refractivity contribution in [3.05, 3.63) is 40.2 Å². The number of carbonyl (C=O) groups excluding carboxylic acids is 1. The molecule has 1 aliphatic rings. The number of hydrogen-bond donors (Lipinski definition) is 1. The average Bonchev–Trinajstić information content (AvgIpc) is 2.66. The molecule has 0 bridgehead atoms. The van der Waals surface area contributed by atoms with E-state index in [2.05, 4.69) is 5.32 Å². The number of rotatable bonds is 7. The van der Waals surface area contributed by atoms with Crippen LogP contribution in [0.3, 0.4) is 0 Å². The minimum absolute atomic E-state index is 0.133. The molecule has 1 saturated heterocycles. The summed E-state index contributed by atoms with van der Waals surface area (Å²) < 4.78 is 6.86. The zero-order valence-electron chi connectivity index (χ0n) is 15.6. The minimum atomic E-state index is -0.488. The van der Waals surface area contributed by atoms with Crippen LogP contribution in [0.25, 0.3) is 10.9 Å². The monoisotopic (exact) mass is 379 g/mol. The third-order valence-electron chi connectivity index (χ3n) is 4.82. The number of fused-ring (bicyclic) bond motifs is 1. The predicted molar refractivity (Wildman–Crippen MR) is 104 cm³/mol. The van der Waals surface area contributed by atoms with Gasteiger partial charge < -0.3 is 14.6 Å². The van der Waals surface area contributed by atoms with Gasteiger partial charge in [-0.2, -0.15) is 10.5 Å². The summed E-state index contributed by atoms with van der Waals surface area (Å²) in [6.45, 7) is 3.83. The van der Waals surface area contributed by atoms with Crippen LogP contribution < -0.4 is 15.8 Å². The number of aromatic nitrogens is 1. The van der Waals surface area contributed by atoms with Crippen LogP contribution in [0.1, 0.15) is 12.5 Å². The summed E-state index contributed by atoms with van der Waals surface area (Å²) in [6.07, 6.45) is 0. The van der Waals surface area contributed by atoms with Gasteiger partial charge >= 0.3 is 0 Å². The van der Waals surface area contributed by atoms with Crippen LogP contribution in [0.4, 0.5) is 5.69 Å². The van der Waals surface area contributed by atoms with Crippen molar-refractivity contribution in [2.75, 3.05) is 37.7 Å². The fourth-order valence-electron chi connectivity index (χ4n) is 3.31. The number of amides is 1. The van der Waals surface area contributed by atoms with Crippen molar-refractivity contribution >= 4 is 22.5 Å². The molecule has 1 N–H and O–H groups in total. The fourth-order valence-corrected chi connectivity index (χ4v) is 3.31. The highest BCUT2D eigenvalue weighted by molar-refractivity contribution is 6.06. The van der Waals surface area contributed by atoms with Crippen LogP contribution in [0.2, 0.25) is 0 Å². The largest absolute Gasteiger partial charge is 0.380 e. The Balaban J connectivity index is 2.23. The lowest BCUT2D eigenvalue weighted by atomic mass is 9.99. The summed E-state index contributed by atoms with van der Waals surface area (Å²) in [7, 11) is 0. The van der Waals surface area contributed by atoms with E-state index in [0.717, 1.165) is 0 Å². The van der Waals surface area contributed by atoms with Gasteiger partial charge in [-0.25, -0.2) is 0 Å². The first-order valence-electron chi connectivity index (χ1n) is 9.16. The molecule has 8 heteroatoms. The average molecular weight is 379 g/mol. The van der Waals surface area contributed by atoms with E-state index in [1.54, 1.807) is 24.3 Å². The number of nitrogens with zero attached hydrogens (tertiary/aromatic N) is 4. The SMILES string of the molecule is CCOCCn1c(=O)c(C#N)c(N(CC#N)C(=O)C2CNC2)c2ccccc21. The topological polar surface area (TPSA) is 111 Å². The fraction of sp³-hybridized carbons (Fsp3) is 0.400. The number of ether oxygens (including phenoxy) is 1. The highest BCUT2D eigenvalue weighted by Crippen LogP contribution is 2.30. The molecule has 0 radical (unpaired) electrons. The van der Waals surface area contributed by atoms with Crippen molar-refractivity contribution < 1.29 is 9.53 Å². The second kappa shape index (κ2) is 8.66. The molecule has 0 aliphatic carbocycles. The number of nitriles is 2. The van der Waals surface area contributed by atoms with Crippen LogP contribution >= 0.6 is 0 Å². The van der Waals surface area contributed by atoms with Crippen molar-refractivity contribution in [1.29, 1.82) is 10.5 Å². The molecular formula is C20H21N5O3. The lowest BCUT2D eigenvalue weighted by Crippen LogP contribution is -2.52. The zero-order chi connectivity index (χ0) is 20.1. The number of para-hydroxylation sites is 1. The van der Waals surface area contributed by atoms with E-state index in [9.17, 15) is 20.1 Å². The molecular weight excluding hydrogens is 358 g/mol. The Hall–Kier alpha value is -3.20. The normalized spacial score (nSPS) is 13.5. The van der Waals surface area contributed by atoms with E-state index in [4.69, 9.17) is 4.74 Å². The summed E-state index contributed by atoms with van der Waals surface area (Å²) in [4.78, 5) is 27.3. The molecule has 0 atom stereocenters. The third kappa shape index (κ3) is 3.48. The van der Waals surface area contributed by atoms with Gasteiger partial charge in [0.25, 0.3) is 5.56 Å². The molecule has 2 aromatic rings. The van der Waals surface area contributed by atoms with Crippen LogP contribution in [0.15, 0.2) is 29.1 Å². The van der Waals surface area contributed by atoms with E-state index >= 15 is 0 Å². The minimum Gasteiger partial charge on any atom is -0.380 e.